The molecule has 0 spiro atoms. The zero-order valence-corrected chi connectivity index (χ0v) is 11.4. The Kier molecular flexibility index (Phi) is 5.27. The van der Waals surface area contributed by atoms with Gasteiger partial charge in [0, 0.05) is 5.57 Å². The third-order valence-electron chi connectivity index (χ3n) is 2.12. The van der Waals surface area contributed by atoms with Gasteiger partial charge in [0.15, 0.2) is 26.8 Å². The first-order valence-electron chi connectivity index (χ1n) is 4.92. The minimum atomic E-state index is -2.80. The number of hydrogen-bond donors (Lipinski definition) is 2. The molecule has 0 aromatic rings. The Morgan fingerprint density at radius 2 is 1.94 bits per heavy atom. The van der Waals surface area contributed by atoms with Gasteiger partial charge in [0.1, 0.15) is 5.04 Å². The molecule has 1 aliphatic rings. The summed E-state index contributed by atoms with van der Waals surface area (Å²) in [6, 6.07) is 0. The van der Waals surface area contributed by atoms with Crippen molar-refractivity contribution in [3.63, 3.8) is 0 Å². The Morgan fingerprint density at radius 1 is 1.33 bits per heavy atom. The highest BCUT2D eigenvalue weighted by Crippen LogP contribution is 2.56. The molecule has 0 aromatic heterocycles. The molecule has 0 saturated heterocycles. The number of rotatable bonds is 4. The van der Waals surface area contributed by atoms with Gasteiger partial charge in [-0.3, -0.25) is 0 Å². The number of nitrogens with zero attached hydrogens (tertiary/aromatic N) is 1. The number of allylic oxidation sites excluding steroid dienone is 2. The molecule has 1 aliphatic heterocycles. The number of oxime groups is 1. The van der Waals surface area contributed by atoms with E-state index in [-0.39, 0.29) is 17.0 Å². The van der Waals surface area contributed by atoms with Crippen LogP contribution < -0.4 is 0 Å². The third-order valence-corrected chi connectivity index (χ3v) is 4.68. The molecule has 0 fully saturated rings. The first-order valence-corrected chi connectivity index (χ1v) is 7.63. The van der Waals surface area contributed by atoms with Gasteiger partial charge in [-0.1, -0.05) is 12.1 Å². The van der Waals surface area contributed by atoms with E-state index in [2.05, 4.69) is 9.99 Å². The Labute approximate surface area is 106 Å². The van der Waals surface area contributed by atoms with E-state index in [0.29, 0.717) is 0 Å². The zero-order valence-electron chi connectivity index (χ0n) is 9.61. The zero-order chi connectivity index (χ0) is 13.9. The average molecular weight is 303 g/mol. The molecule has 1 atom stereocenters. The maximum Gasteiger partial charge on any atom is 0.214 e. The molecule has 1 rings (SSSR count). The van der Waals surface area contributed by atoms with Gasteiger partial charge in [-0.25, -0.2) is 17.2 Å². The monoisotopic (exact) mass is 303 g/mol. The van der Waals surface area contributed by atoms with Crippen LogP contribution in [0.15, 0.2) is 26.9 Å². The summed E-state index contributed by atoms with van der Waals surface area (Å²) in [5.41, 5.74) is -0.380. The van der Waals surface area contributed by atoms with Crippen LogP contribution in [0.25, 0.3) is 0 Å². The summed E-state index contributed by atoms with van der Waals surface area (Å²) < 4.78 is 60.8. The summed E-state index contributed by atoms with van der Waals surface area (Å²) in [5.74, 6) is -1.89. The maximum absolute atomic E-state index is 13.6. The van der Waals surface area contributed by atoms with Crippen molar-refractivity contribution in [2.24, 2.45) is 5.16 Å². The van der Waals surface area contributed by atoms with Crippen molar-refractivity contribution in [3.05, 3.63) is 21.7 Å². The van der Waals surface area contributed by atoms with Crippen LogP contribution in [0.2, 0.25) is 0 Å². The average Bonchev–Trinajstić information content (AvgIpc) is 2.50. The highest BCUT2D eigenvalue weighted by Gasteiger charge is 2.34. The van der Waals surface area contributed by atoms with Crippen molar-refractivity contribution >= 4 is 26.6 Å². The maximum atomic E-state index is 13.6. The van der Waals surface area contributed by atoms with E-state index in [4.69, 9.17) is 0 Å². The van der Waals surface area contributed by atoms with E-state index in [1.807, 2.05) is 0 Å². The van der Waals surface area contributed by atoms with Gasteiger partial charge >= 0.3 is 0 Å². The molecule has 1 unspecified atom stereocenters. The lowest BCUT2D eigenvalue weighted by Gasteiger charge is -2.14. The largest absolute Gasteiger partial charge is 0.379 e. The molecule has 1 heterocycles. The lowest BCUT2D eigenvalue weighted by molar-refractivity contribution is 0.192. The number of halogens is 3. The first kappa shape index (κ1) is 15.1. The summed E-state index contributed by atoms with van der Waals surface area (Å²) in [6.07, 6.45) is 0.128. The van der Waals surface area contributed by atoms with E-state index < -0.39 is 43.7 Å². The van der Waals surface area contributed by atoms with Crippen LogP contribution in [-0.2, 0) is 15.5 Å². The second-order valence-corrected chi connectivity index (χ2v) is 6.20. The SMILES string of the molecule is CCC(=NOC[SH](=O)=O)[SH]1C(F)=C(C)C(F)=C1F. The van der Waals surface area contributed by atoms with Gasteiger partial charge < -0.3 is 4.84 Å². The number of hydrogen-bond acceptors (Lipinski definition) is 4. The standard InChI is InChI=1S/C9H12F3NO3S2/c1-3-6(13-16-4-17(14)15)18-8(11)5(2)7(10)9(18)12/h17-18H,3-4H2,1-2H3. The molecule has 4 nitrogen and oxygen atoms in total. The lowest BCUT2D eigenvalue weighted by Crippen LogP contribution is -2.01. The van der Waals surface area contributed by atoms with E-state index in [9.17, 15) is 21.6 Å². The van der Waals surface area contributed by atoms with E-state index >= 15 is 0 Å². The van der Waals surface area contributed by atoms with E-state index in [0.717, 1.165) is 6.92 Å². The fraction of sp³-hybridized carbons (Fsp3) is 0.444. The molecule has 0 aromatic carbocycles. The van der Waals surface area contributed by atoms with Crippen LogP contribution in [0.4, 0.5) is 13.2 Å². The van der Waals surface area contributed by atoms with Gasteiger partial charge in [-0.05, 0) is 13.3 Å². The summed E-state index contributed by atoms with van der Waals surface area (Å²) in [6.45, 7) is 2.70. The molecule has 0 aliphatic carbocycles. The van der Waals surface area contributed by atoms with Gasteiger partial charge in [0.25, 0.3) is 0 Å². The molecular formula is C9H12F3NO3S2. The Morgan fingerprint density at radius 3 is 2.33 bits per heavy atom. The molecular weight excluding hydrogens is 291 g/mol. The van der Waals surface area contributed by atoms with Crippen LogP contribution in [-0.4, -0.2) is 19.4 Å². The van der Waals surface area contributed by atoms with Gasteiger partial charge in [-0.15, -0.1) is 10.9 Å². The Bertz CT molecular complexity index is 479. The second kappa shape index (κ2) is 6.28. The normalized spacial score (nSPS) is 23.2. The molecule has 104 valence electrons. The van der Waals surface area contributed by atoms with Crippen molar-refractivity contribution in [2.45, 2.75) is 20.3 Å². The first-order chi connectivity index (χ1) is 8.40. The molecule has 9 heteroatoms. The van der Waals surface area contributed by atoms with Gasteiger partial charge in [0.2, 0.25) is 5.94 Å². The smallest absolute Gasteiger partial charge is 0.214 e. The Hall–Kier alpha value is -0.960. The molecule has 18 heavy (non-hydrogen) atoms. The summed E-state index contributed by atoms with van der Waals surface area (Å²) in [5, 5.41) is 1.24. The molecule has 0 saturated carbocycles. The molecule has 0 amide bonds. The van der Waals surface area contributed by atoms with Crippen molar-refractivity contribution in [2.75, 3.05) is 5.94 Å². The summed E-state index contributed by atoms with van der Waals surface area (Å²) in [4.78, 5) is 4.43. The van der Waals surface area contributed by atoms with Crippen LogP contribution in [0.5, 0.6) is 0 Å². The molecule has 0 N–H and O–H groups in total. The highest BCUT2D eigenvalue weighted by molar-refractivity contribution is 8.35. The van der Waals surface area contributed by atoms with Crippen molar-refractivity contribution in [1.82, 2.24) is 0 Å². The Balaban J connectivity index is 2.97. The van der Waals surface area contributed by atoms with Crippen LogP contribution in [0.3, 0.4) is 0 Å². The summed E-state index contributed by atoms with van der Waals surface area (Å²) >= 11 is 0. The third kappa shape index (κ3) is 3.08. The quantitative estimate of drug-likeness (QED) is 0.363. The predicted octanol–water partition coefficient (Wildman–Crippen LogP) is 2.62. The van der Waals surface area contributed by atoms with Gasteiger partial charge in [0.05, 0.1) is 0 Å². The molecule has 0 radical (unpaired) electrons. The minimum absolute atomic E-state index is 0.0381. The van der Waals surface area contributed by atoms with Crippen LogP contribution >= 0.6 is 10.9 Å². The van der Waals surface area contributed by atoms with Crippen molar-refractivity contribution in [1.29, 1.82) is 0 Å². The van der Waals surface area contributed by atoms with Gasteiger partial charge in [-0.2, -0.15) is 4.39 Å². The van der Waals surface area contributed by atoms with Crippen molar-refractivity contribution < 1.29 is 26.4 Å². The topological polar surface area (TPSA) is 55.7 Å². The fourth-order valence-corrected chi connectivity index (χ4v) is 3.27. The summed E-state index contributed by atoms with van der Waals surface area (Å²) in [7, 11) is -5.06. The van der Waals surface area contributed by atoms with E-state index in [1.165, 1.54) is 0 Å². The van der Waals surface area contributed by atoms with Crippen molar-refractivity contribution in [3.8, 4) is 0 Å². The highest BCUT2D eigenvalue weighted by atomic mass is 32.2. The fourth-order valence-electron chi connectivity index (χ4n) is 1.24. The predicted molar refractivity (Wildman–Crippen MR) is 66.0 cm³/mol. The minimum Gasteiger partial charge on any atom is -0.379 e. The molecule has 0 bridgehead atoms. The van der Waals surface area contributed by atoms with E-state index in [1.54, 1.807) is 6.92 Å². The lowest BCUT2D eigenvalue weighted by atomic mass is 10.3. The number of thiol groups is 2. The van der Waals surface area contributed by atoms with Crippen LogP contribution in [0.1, 0.15) is 20.3 Å². The van der Waals surface area contributed by atoms with Crippen LogP contribution in [0, 0.1) is 0 Å². The second-order valence-electron chi connectivity index (χ2n) is 3.31.